The number of nitrogens with two attached hydrogens (primary N) is 1. The lowest BCUT2D eigenvalue weighted by atomic mass is 9.92. The third kappa shape index (κ3) is 5.51. The highest BCUT2D eigenvalue weighted by Crippen LogP contribution is 2.18. The molecule has 118 valence electrons. The van der Waals surface area contributed by atoms with E-state index in [1.54, 1.807) is 11.8 Å². The molecule has 2 rings (SSSR count). The summed E-state index contributed by atoms with van der Waals surface area (Å²) >= 11 is 1.71. The maximum Gasteiger partial charge on any atom is 0.237 e. The Bertz CT molecular complexity index is 436. The second-order valence-electron chi connectivity index (χ2n) is 5.04. The lowest BCUT2D eigenvalue weighted by molar-refractivity contribution is -0.124. The second-order valence-corrected chi connectivity index (χ2v) is 5.92. The predicted octanol–water partition coefficient (Wildman–Crippen LogP) is 2.20. The van der Waals surface area contributed by atoms with E-state index < -0.39 is 6.04 Å². The molecule has 1 aromatic carbocycles. The van der Waals surface area contributed by atoms with Crippen molar-refractivity contribution in [3.8, 4) is 0 Å². The second kappa shape index (κ2) is 9.30. The van der Waals surface area contributed by atoms with Crippen LogP contribution in [0.25, 0.3) is 0 Å². The van der Waals surface area contributed by atoms with Crippen molar-refractivity contribution in [1.29, 1.82) is 0 Å². The zero-order valence-electron chi connectivity index (χ0n) is 12.2. The number of halogens is 1. The van der Waals surface area contributed by atoms with Crippen molar-refractivity contribution in [3.63, 3.8) is 0 Å². The molecule has 21 heavy (non-hydrogen) atoms. The first-order valence-corrected chi connectivity index (χ1v) is 8.17. The van der Waals surface area contributed by atoms with Crippen LogP contribution in [0.5, 0.6) is 0 Å². The van der Waals surface area contributed by atoms with Gasteiger partial charge < -0.3 is 15.8 Å². The van der Waals surface area contributed by atoms with Gasteiger partial charge in [-0.2, -0.15) is 0 Å². The minimum absolute atomic E-state index is 0. The number of hydrogen-bond donors (Lipinski definition) is 2. The summed E-state index contributed by atoms with van der Waals surface area (Å²) in [5.41, 5.74) is 7.12. The number of ether oxygens (including phenoxy) is 1. The van der Waals surface area contributed by atoms with Gasteiger partial charge in [0, 0.05) is 24.7 Å². The first kappa shape index (κ1) is 18.3. The molecule has 1 aliphatic rings. The van der Waals surface area contributed by atoms with Crippen molar-refractivity contribution >= 4 is 30.1 Å². The summed E-state index contributed by atoms with van der Waals surface area (Å²) in [4.78, 5) is 13.3. The van der Waals surface area contributed by atoms with E-state index in [4.69, 9.17) is 10.5 Å². The van der Waals surface area contributed by atoms with Crippen LogP contribution >= 0.6 is 24.2 Å². The summed E-state index contributed by atoms with van der Waals surface area (Å²) in [6.45, 7) is 1.95. The van der Waals surface area contributed by atoms with E-state index in [9.17, 15) is 4.79 Å². The predicted molar refractivity (Wildman–Crippen MR) is 88.8 cm³/mol. The Labute approximate surface area is 136 Å². The molecule has 1 fully saturated rings. The third-order valence-corrected chi connectivity index (χ3v) is 4.45. The van der Waals surface area contributed by atoms with Crippen molar-refractivity contribution in [1.82, 2.24) is 5.32 Å². The lowest BCUT2D eigenvalue weighted by Crippen LogP contribution is -2.46. The average molecular weight is 331 g/mol. The number of nitrogens with one attached hydrogen (secondary N) is 1. The zero-order chi connectivity index (χ0) is 14.4. The SMILES string of the molecule is CSc1ccc(CNC(=O)C(N)C2CCOCC2)cc1.Cl. The number of carbonyl (C=O) groups is 1. The van der Waals surface area contributed by atoms with Crippen LogP contribution < -0.4 is 11.1 Å². The molecular weight excluding hydrogens is 308 g/mol. The van der Waals surface area contributed by atoms with Gasteiger partial charge in [0.25, 0.3) is 0 Å². The monoisotopic (exact) mass is 330 g/mol. The van der Waals surface area contributed by atoms with Gasteiger partial charge in [-0.1, -0.05) is 12.1 Å². The van der Waals surface area contributed by atoms with Gasteiger partial charge in [-0.25, -0.2) is 0 Å². The Balaban J connectivity index is 0.00000220. The van der Waals surface area contributed by atoms with Gasteiger partial charge in [0.05, 0.1) is 6.04 Å². The van der Waals surface area contributed by atoms with E-state index in [1.807, 2.05) is 18.4 Å². The Hall–Kier alpha value is -0.750. The Kier molecular flexibility index (Phi) is 8.11. The Morgan fingerprint density at radius 3 is 2.57 bits per heavy atom. The molecule has 1 atom stereocenters. The number of hydrogen-bond acceptors (Lipinski definition) is 4. The van der Waals surface area contributed by atoms with Crippen LogP contribution in [0, 0.1) is 5.92 Å². The van der Waals surface area contributed by atoms with Crippen molar-refractivity contribution in [2.75, 3.05) is 19.5 Å². The normalized spacial score (nSPS) is 16.9. The van der Waals surface area contributed by atoms with Crippen LogP contribution in [-0.4, -0.2) is 31.4 Å². The molecule has 1 amide bonds. The van der Waals surface area contributed by atoms with E-state index >= 15 is 0 Å². The topological polar surface area (TPSA) is 64.4 Å². The molecule has 4 nitrogen and oxygen atoms in total. The highest BCUT2D eigenvalue weighted by atomic mass is 35.5. The molecular formula is C15H23ClN2O2S. The number of thioether (sulfide) groups is 1. The number of benzene rings is 1. The summed E-state index contributed by atoms with van der Waals surface area (Å²) in [6.07, 6.45) is 3.79. The van der Waals surface area contributed by atoms with E-state index in [1.165, 1.54) is 4.90 Å². The Morgan fingerprint density at radius 1 is 1.38 bits per heavy atom. The van der Waals surface area contributed by atoms with Crippen LogP contribution in [0.2, 0.25) is 0 Å². The molecule has 1 aliphatic heterocycles. The van der Waals surface area contributed by atoms with Gasteiger partial charge in [-0.05, 0) is 42.7 Å². The standard InChI is InChI=1S/C15H22N2O2S.ClH/c1-20-13-4-2-11(3-5-13)10-17-15(18)14(16)12-6-8-19-9-7-12;/h2-5,12,14H,6-10,16H2,1H3,(H,17,18);1H. The smallest absolute Gasteiger partial charge is 0.237 e. The molecule has 0 aliphatic carbocycles. The summed E-state index contributed by atoms with van der Waals surface area (Å²) in [6, 6.07) is 7.76. The molecule has 0 bridgehead atoms. The lowest BCUT2D eigenvalue weighted by Gasteiger charge is -2.26. The van der Waals surface area contributed by atoms with Crippen LogP contribution in [0.3, 0.4) is 0 Å². The highest BCUT2D eigenvalue weighted by Gasteiger charge is 2.26. The fourth-order valence-electron chi connectivity index (χ4n) is 2.34. The molecule has 1 unspecified atom stereocenters. The van der Waals surface area contributed by atoms with Crippen molar-refractivity contribution in [2.24, 2.45) is 11.7 Å². The molecule has 3 N–H and O–H groups in total. The van der Waals surface area contributed by atoms with Gasteiger partial charge in [-0.15, -0.1) is 24.2 Å². The van der Waals surface area contributed by atoms with Crippen molar-refractivity contribution in [2.45, 2.75) is 30.3 Å². The molecule has 0 aromatic heterocycles. The zero-order valence-corrected chi connectivity index (χ0v) is 13.8. The van der Waals surface area contributed by atoms with Crippen LogP contribution in [0.4, 0.5) is 0 Å². The number of rotatable bonds is 5. The number of carbonyl (C=O) groups excluding carboxylic acids is 1. The van der Waals surface area contributed by atoms with Crippen LogP contribution in [0.15, 0.2) is 29.2 Å². The van der Waals surface area contributed by atoms with Crippen molar-refractivity contribution < 1.29 is 9.53 Å². The van der Waals surface area contributed by atoms with Gasteiger partial charge in [0.15, 0.2) is 0 Å². The van der Waals surface area contributed by atoms with Crippen molar-refractivity contribution in [3.05, 3.63) is 29.8 Å². The summed E-state index contributed by atoms with van der Waals surface area (Å²) in [7, 11) is 0. The quantitative estimate of drug-likeness (QED) is 0.812. The van der Waals surface area contributed by atoms with Crippen LogP contribution in [0.1, 0.15) is 18.4 Å². The van der Waals surface area contributed by atoms with Gasteiger partial charge in [0.2, 0.25) is 5.91 Å². The maximum atomic E-state index is 12.1. The molecule has 0 radical (unpaired) electrons. The third-order valence-electron chi connectivity index (χ3n) is 3.70. The molecule has 0 spiro atoms. The Morgan fingerprint density at radius 2 is 2.00 bits per heavy atom. The minimum Gasteiger partial charge on any atom is -0.381 e. The summed E-state index contributed by atoms with van der Waals surface area (Å²) < 4.78 is 5.29. The fourth-order valence-corrected chi connectivity index (χ4v) is 2.75. The fraction of sp³-hybridized carbons (Fsp3) is 0.533. The van der Waals surface area contributed by atoms with Crippen LogP contribution in [-0.2, 0) is 16.1 Å². The van der Waals surface area contributed by atoms with Gasteiger partial charge in [0.1, 0.15) is 0 Å². The first-order valence-electron chi connectivity index (χ1n) is 6.94. The van der Waals surface area contributed by atoms with E-state index in [0.717, 1.165) is 18.4 Å². The largest absolute Gasteiger partial charge is 0.381 e. The first-order chi connectivity index (χ1) is 9.70. The number of amides is 1. The molecule has 0 saturated carbocycles. The van der Waals surface area contributed by atoms with E-state index in [-0.39, 0.29) is 24.2 Å². The maximum absolute atomic E-state index is 12.1. The van der Waals surface area contributed by atoms with E-state index in [2.05, 4.69) is 17.4 Å². The van der Waals surface area contributed by atoms with Gasteiger partial charge in [-0.3, -0.25) is 4.79 Å². The van der Waals surface area contributed by atoms with Gasteiger partial charge >= 0.3 is 0 Å². The average Bonchev–Trinajstić information content (AvgIpc) is 2.53. The summed E-state index contributed by atoms with van der Waals surface area (Å²) in [5.74, 6) is 0.175. The summed E-state index contributed by atoms with van der Waals surface area (Å²) in [5, 5.41) is 2.92. The molecule has 6 heteroatoms. The molecule has 1 aromatic rings. The molecule has 1 heterocycles. The minimum atomic E-state index is -0.427. The molecule has 1 saturated heterocycles. The van der Waals surface area contributed by atoms with E-state index in [0.29, 0.717) is 19.8 Å². The highest BCUT2D eigenvalue weighted by molar-refractivity contribution is 7.98.